The number of rotatable bonds is 17. The van der Waals surface area contributed by atoms with Crippen LogP contribution >= 0.6 is 0 Å². The minimum atomic E-state index is -1.11. The van der Waals surface area contributed by atoms with E-state index in [9.17, 15) is 19.8 Å². The second-order valence-corrected chi connectivity index (χ2v) is 13.2. The highest BCUT2D eigenvalue weighted by Crippen LogP contribution is 2.40. The second-order valence-electron chi connectivity index (χ2n) is 13.2. The third-order valence-electron chi connectivity index (χ3n) is 9.96. The van der Waals surface area contributed by atoms with E-state index >= 15 is 0 Å². The number of carbonyl (C=O) groups excluding carboxylic acids is 2. The molecule has 1 saturated carbocycles. The molecule has 0 radical (unpaired) electrons. The van der Waals surface area contributed by atoms with Gasteiger partial charge in [-0.15, -0.1) is 0 Å². The summed E-state index contributed by atoms with van der Waals surface area (Å²) in [4.78, 5) is 28.5. The number of likely N-dealkylation sites (tertiary alicyclic amines) is 1. The zero-order chi connectivity index (χ0) is 33.6. The van der Waals surface area contributed by atoms with Crippen molar-refractivity contribution >= 4 is 11.8 Å². The molecule has 10 heteroatoms. The molecule has 260 valence electrons. The number of hydrogen-bond donors (Lipinski definition) is 4. The van der Waals surface area contributed by atoms with Crippen molar-refractivity contribution in [3.05, 3.63) is 59.7 Å². The Morgan fingerprint density at radius 1 is 0.979 bits per heavy atom. The third-order valence-corrected chi connectivity index (χ3v) is 9.96. The summed E-state index contributed by atoms with van der Waals surface area (Å²) in [6.45, 7) is 2.03. The molecule has 1 heterocycles. The van der Waals surface area contributed by atoms with Crippen LogP contribution in [0.4, 0.5) is 0 Å². The maximum atomic E-state index is 13.5. The van der Waals surface area contributed by atoms with Gasteiger partial charge in [0.1, 0.15) is 11.5 Å². The lowest BCUT2D eigenvalue weighted by Crippen LogP contribution is -2.52. The zero-order valence-electron chi connectivity index (χ0n) is 28.4. The summed E-state index contributed by atoms with van der Waals surface area (Å²) in [5.41, 5.74) is 0.657. The Labute approximate surface area is 280 Å². The summed E-state index contributed by atoms with van der Waals surface area (Å²) in [5, 5.41) is 29.5. The molecule has 4 rings (SSSR count). The molecule has 2 aromatic rings. The summed E-state index contributed by atoms with van der Waals surface area (Å²) in [6, 6.07) is 14.7. The normalized spacial score (nSPS) is 19.5. The minimum absolute atomic E-state index is 0.202. The molecular weight excluding hydrogens is 598 g/mol. The number of aliphatic hydroxyl groups is 2. The van der Waals surface area contributed by atoms with Gasteiger partial charge in [0.15, 0.2) is 0 Å². The van der Waals surface area contributed by atoms with Gasteiger partial charge in [0.25, 0.3) is 0 Å². The largest absolute Gasteiger partial charge is 0.497 e. The first-order valence-corrected chi connectivity index (χ1v) is 17.2. The molecule has 1 aliphatic heterocycles. The van der Waals surface area contributed by atoms with E-state index in [0.717, 1.165) is 49.7 Å². The predicted molar refractivity (Wildman–Crippen MR) is 181 cm³/mol. The van der Waals surface area contributed by atoms with Crippen LogP contribution < -0.4 is 20.1 Å². The molecule has 2 aliphatic rings. The third kappa shape index (κ3) is 10.4. The molecule has 0 unspecified atom stereocenters. The average molecular weight is 654 g/mol. The Hall–Kier alpha value is -3.18. The molecule has 47 heavy (non-hydrogen) atoms. The van der Waals surface area contributed by atoms with Crippen LogP contribution in [-0.2, 0) is 26.5 Å². The van der Waals surface area contributed by atoms with Crippen molar-refractivity contribution in [1.29, 1.82) is 0 Å². The molecule has 2 fully saturated rings. The highest BCUT2D eigenvalue weighted by atomic mass is 16.5. The number of amides is 2. The molecular formula is C37H55N3O7. The number of unbranched alkanes of at least 4 members (excludes halogenated alkanes) is 1. The fourth-order valence-electron chi connectivity index (χ4n) is 7.23. The number of nitrogens with one attached hydrogen (secondary N) is 2. The first kappa shape index (κ1) is 36.7. The summed E-state index contributed by atoms with van der Waals surface area (Å²) in [5.74, 6) is 0.232. The number of benzene rings is 2. The maximum Gasteiger partial charge on any atom is 0.311 e. The van der Waals surface area contributed by atoms with Crippen LogP contribution in [0.1, 0.15) is 75.3 Å². The summed E-state index contributed by atoms with van der Waals surface area (Å²) in [6.07, 6.45) is 8.09. The number of carbonyl (C=O) groups is 2. The van der Waals surface area contributed by atoms with Crippen molar-refractivity contribution in [2.75, 3.05) is 47.6 Å². The van der Waals surface area contributed by atoms with Crippen molar-refractivity contribution < 1.29 is 34.0 Å². The lowest BCUT2D eigenvalue weighted by molar-refractivity contribution is -0.146. The van der Waals surface area contributed by atoms with Gasteiger partial charge in [-0.25, -0.2) is 0 Å². The molecule has 1 aliphatic carbocycles. The monoisotopic (exact) mass is 653 g/mol. The van der Waals surface area contributed by atoms with Gasteiger partial charge in [0, 0.05) is 51.9 Å². The highest BCUT2D eigenvalue weighted by Gasteiger charge is 2.44. The van der Waals surface area contributed by atoms with Crippen LogP contribution in [0.5, 0.6) is 11.5 Å². The van der Waals surface area contributed by atoms with Gasteiger partial charge in [-0.3, -0.25) is 9.59 Å². The topological polar surface area (TPSA) is 130 Å². The number of aliphatic hydroxyl groups excluding tert-OH is 1. The van der Waals surface area contributed by atoms with Gasteiger partial charge >= 0.3 is 11.8 Å². The molecule has 2 amide bonds. The van der Waals surface area contributed by atoms with Gasteiger partial charge in [0.2, 0.25) is 0 Å². The maximum absolute atomic E-state index is 13.5. The van der Waals surface area contributed by atoms with Crippen LogP contribution in [0.2, 0.25) is 0 Å². The lowest BCUT2D eigenvalue weighted by atomic mass is 9.77. The number of nitrogens with zero attached hydrogens (tertiary/aromatic N) is 1. The Morgan fingerprint density at radius 2 is 1.68 bits per heavy atom. The Morgan fingerprint density at radius 3 is 2.34 bits per heavy atom. The zero-order valence-corrected chi connectivity index (χ0v) is 28.4. The Kier molecular flexibility index (Phi) is 14.3. The molecule has 0 aromatic heterocycles. The van der Waals surface area contributed by atoms with E-state index in [0.29, 0.717) is 62.9 Å². The molecule has 4 atom stereocenters. The van der Waals surface area contributed by atoms with Crippen LogP contribution in [0.15, 0.2) is 48.5 Å². The minimum Gasteiger partial charge on any atom is -0.497 e. The van der Waals surface area contributed by atoms with Crippen LogP contribution in [-0.4, -0.2) is 86.6 Å². The SMILES string of the molecule is COCCCC[C@@](O)(c1ccccc1)[C@@H]1CCN(C(=O)C(=O)N[C@@H](CC2CCCCC2)[C@@H](O)CNCc2cc(OC)cc(OC)c2)C1. The Bertz CT molecular complexity index is 1230. The van der Waals surface area contributed by atoms with Crippen molar-refractivity contribution in [2.24, 2.45) is 11.8 Å². The number of hydrogen-bond acceptors (Lipinski definition) is 8. The van der Waals surface area contributed by atoms with Gasteiger partial charge in [0.05, 0.1) is 32.0 Å². The molecule has 4 N–H and O–H groups in total. The summed E-state index contributed by atoms with van der Waals surface area (Å²) >= 11 is 0. The van der Waals surface area contributed by atoms with Crippen LogP contribution in [0.3, 0.4) is 0 Å². The first-order chi connectivity index (χ1) is 22.8. The quantitative estimate of drug-likeness (QED) is 0.148. The van der Waals surface area contributed by atoms with Crippen molar-refractivity contribution in [3.8, 4) is 11.5 Å². The predicted octanol–water partition coefficient (Wildman–Crippen LogP) is 4.16. The molecule has 0 bridgehead atoms. The lowest BCUT2D eigenvalue weighted by Gasteiger charge is -2.35. The molecule has 0 spiro atoms. The fraction of sp³-hybridized carbons (Fsp3) is 0.622. The van der Waals surface area contributed by atoms with E-state index in [-0.39, 0.29) is 12.5 Å². The number of ether oxygens (including phenoxy) is 3. The van der Waals surface area contributed by atoms with Gasteiger partial charge in [-0.05, 0) is 61.3 Å². The highest BCUT2D eigenvalue weighted by molar-refractivity contribution is 6.35. The molecule has 2 aromatic carbocycles. The summed E-state index contributed by atoms with van der Waals surface area (Å²) < 4.78 is 15.9. The summed E-state index contributed by atoms with van der Waals surface area (Å²) in [7, 11) is 4.88. The second kappa shape index (κ2) is 18.4. The van der Waals surface area contributed by atoms with E-state index in [1.54, 1.807) is 32.3 Å². The van der Waals surface area contributed by atoms with Crippen LogP contribution in [0, 0.1) is 11.8 Å². The van der Waals surface area contributed by atoms with E-state index in [4.69, 9.17) is 14.2 Å². The van der Waals surface area contributed by atoms with Gasteiger partial charge in [-0.2, -0.15) is 0 Å². The van der Waals surface area contributed by atoms with Crippen molar-refractivity contribution in [3.63, 3.8) is 0 Å². The van der Waals surface area contributed by atoms with Gasteiger partial charge < -0.3 is 40.0 Å². The van der Waals surface area contributed by atoms with E-state index in [1.807, 2.05) is 42.5 Å². The fourth-order valence-corrected chi connectivity index (χ4v) is 7.23. The smallest absolute Gasteiger partial charge is 0.311 e. The first-order valence-electron chi connectivity index (χ1n) is 17.2. The number of methoxy groups -OCH3 is 3. The van der Waals surface area contributed by atoms with E-state index in [2.05, 4.69) is 10.6 Å². The van der Waals surface area contributed by atoms with E-state index in [1.165, 1.54) is 6.42 Å². The molecule has 10 nitrogen and oxygen atoms in total. The van der Waals surface area contributed by atoms with E-state index < -0.39 is 29.6 Å². The standard InChI is InChI=1S/C37H55N3O7/c1-45-19-11-10-17-37(44,29-14-8-5-9-15-29)30-16-18-40(26-30)36(43)35(42)39-33(22-27-12-6-4-7-13-27)34(41)25-38-24-28-20-31(46-2)23-32(21-28)47-3/h5,8-9,14-15,20-21,23,27,30,33-34,38,41,44H,4,6-7,10-13,16-19,22,24-26H2,1-3H3,(H,39,42)/t30-,33+,34+,37-/m1/s1. The van der Waals surface area contributed by atoms with Crippen molar-refractivity contribution in [1.82, 2.24) is 15.5 Å². The van der Waals surface area contributed by atoms with Gasteiger partial charge in [-0.1, -0.05) is 62.4 Å². The average Bonchev–Trinajstić information content (AvgIpc) is 3.61. The molecule has 1 saturated heterocycles. The Balaban J connectivity index is 1.39. The van der Waals surface area contributed by atoms with Crippen molar-refractivity contribution in [2.45, 2.75) is 88.5 Å². The van der Waals surface area contributed by atoms with Crippen LogP contribution in [0.25, 0.3) is 0 Å².